The summed E-state index contributed by atoms with van der Waals surface area (Å²) in [4.78, 5) is 0. The summed E-state index contributed by atoms with van der Waals surface area (Å²) >= 11 is 0. The largest absolute Gasteiger partial charge is 0.396 e. The number of rotatable bonds is 10. The lowest BCUT2D eigenvalue weighted by Crippen LogP contribution is -2.22. The van der Waals surface area contributed by atoms with Gasteiger partial charge in [-0.3, -0.25) is 0 Å². The molecule has 0 heterocycles. The molecule has 0 fully saturated rings. The van der Waals surface area contributed by atoms with Crippen molar-refractivity contribution in [3.63, 3.8) is 0 Å². The third-order valence-corrected chi connectivity index (χ3v) is 1.99. The normalized spacial score (nSPS) is 10.1. The molecule has 3 heteroatoms. The van der Waals surface area contributed by atoms with Crippen molar-refractivity contribution in [1.29, 1.82) is 0 Å². The molecule has 0 saturated heterocycles. The molecule has 0 amide bonds. The van der Waals surface area contributed by atoms with Gasteiger partial charge in [-0.15, -0.1) is 0 Å². The van der Waals surface area contributed by atoms with Crippen molar-refractivity contribution in [2.45, 2.75) is 59.5 Å². The van der Waals surface area contributed by atoms with E-state index < -0.39 is 0 Å². The van der Waals surface area contributed by atoms with Crippen LogP contribution in [0.1, 0.15) is 53.4 Å². The molecular formula is C13H31NO2. The van der Waals surface area contributed by atoms with Gasteiger partial charge in [-0.05, 0) is 33.2 Å². The second kappa shape index (κ2) is 17.3. The molecule has 3 nitrogen and oxygen atoms in total. The maximum atomic E-state index is 8.56. The van der Waals surface area contributed by atoms with Gasteiger partial charge in [-0.25, -0.2) is 0 Å². The second-order valence-corrected chi connectivity index (χ2v) is 3.81. The van der Waals surface area contributed by atoms with Crippen molar-refractivity contribution in [1.82, 2.24) is 5.32 Å². The van der Waals surface area contributed by atoms with Crippen LogP contribution in [-0.2, 0) is 4.74 Å². The maximum Gasteiger partial charge on any atom is 0.0594 e. The van der Waals surface area contributed by atoms with Crippen molar-refractivity contribution < 1.29 is 9.84 Å². The zero-order valence-corrected chi connectivity index (χ0v) is 11.6. The molecule has 0 aliphatic heterocycles. The van der Waals surface area contributed by atoms with Crippen LogP contribution >= 0.6 is 0 Å². The average Bonchev–Trinajstić information content (AvgIpc) is 2.29. The van der Waals surface area contributed by atoms with Gasteiger partial charge < -0.3 is 15.2 Å². The Bertz CT molecular complexity index is 108. The number of ether oxygens (including phenoxy) is 1. The lowest BCUT2D eigenvalue weighted by Gasteiger charge is -2.08. The summed E-state index contributed by atoms with van der Waals surface area (Å²) in [7, 11) is 0. The fourth-order valence-electron chi connectivity index (χ4n) is 1.21. The highest BCUT2D eigenvalue weighted by Crippen LogP contribution is 1.97. The number of hydrogen-bond acceptors (Lipinski definition) is 3. The minimum Gasteiger partial charge on any atom is -0.396 e. The molecule has 0 aliphatic carbocycles. The van der Waals surface area contributed by atoms with Gasteiger partial charge in [0.05, 0.1) is 12.7 Å². The molecule has 0 aromatic carbocycles. The zero-order chi connectivity index (χ0) is 12.6. The van der Waals surface area contributed by atoms with E-state index >= 15 is 0 Å². The van der Waals surface area contributed by atoms with Gasteiger partial charge in [0.1, 0.15) is 0 Å². The van der Waals surface area contributed by atoms with Crippen LogP contribution in [-0.4, -0.2) is 37.5 Å². The fraction of sp³-hybridized carbons (Fsp3) is 1.00. The van der Waals surface area contributed by atoms with Gasteiger partial charge >= 0.3 is 0 Å². The Morgan fingerprint density at radius 3 is 2.19 bits per heavy atom. The summed E-state index contributed by atoms with van der Waals surface area (Å²) in [6.07, 6.45) is 4.82. The molecule has 16 heavy (non-hydrogen) atoms. The Morgan fingerprint density at radius 2 is 1.62 bits per heavy atom. The Balaban J connectivity index is 0. The fourth-order valence-corrected chi connectivity index (χ4v) is 1.21. The zero-order valence-electron chi connectivity index (χ0n) is 11.6. The molecule has 100 valence electrons. The van der Waals surface area contributed by atoms with Crippen LogP contribution in [0.15, 0.2) is 0 Å². The van der Waals surface area contributed by atoms with Crippen LogP contribution in [0.3, 0.4) is 0 Å². The van der Waals surface area contributed by atoms with Gasteiger partial charge in [0.25, 0.3) is 0 Å². The van der Waals surface area contributed by atoms with Gasteiger partial charge in [0, 0.05) is 13.2 Å². The van der Waals surface area contributed by atoms with E-state index in [-0.39, 0.29) is 0 Å². The predicted octanol–water partition coefficient (Wildman–Crippen LogP) is 2.58. The number of hydrogen-bond donors (Lipinski definition) is 2. The highest BCUT2D eigenvalue weighted by molar-refractivity contribution is 4.49. The van der Waals surface area contributed by atoms with E-state index in [9.17, 15) is 0 Å². The van der Waals surface area contributed by atoms with E-state index in [1.165, 1.54) is 12.8 Å². The van der Waals surface area contributed by atoms with Crippen molar-refractivity contribution in [2.24, 2.45) is 0 Å². The predicted molar refractivity (Wildman–Crippen MR) is 70.9 cm³/mol. The molecule has 0 saturated carbocycles. The highest BCUT2D eigenvalue weighted by atomic mass is 16.5. The van der Waals surface area contributed by atoms with Crippen molar-refractivity contribution >= 4 is 0 Å². The number of aliphatic hydroxyl groups excluding tert-OH is 1. The third kappa shape index (κ3) is 19.5. The Hall–Kier alpha value is -0.120. The molecule has 0 atom stereocenters. The molecule has 0 unspecified atom stereocenters. The standard InChI is InChI=1S/C11H25NO2.C2H6/c1-11(2)14-10-8-12-7-5-3-4-6-9-13;1-2/h11-13H,3-10H2,1-2H3;1-2H3. The summed E-state index contributed by atoms with van der Waals surface area (Å²) in [6.45, 7) is 11.2. The van der Waals surface area contributed by atoms with Crippen LogP contribution in [0.2, 0.25) is 0 Å². The smallest absolute Gasteiger partial charge is 0.0594 e. The Morgan fingerprint density at radius 1 is 1.00 bits per heavy atom. The molecule has 2 N–H and O–H groups in total. The lowest BCUT2D eigenvalue weighted by atomic mass is 10.2. The van der Waals surface area contributed by atoms with E-state index in [0.29, 0.717) is 12.7 Å². The van der Waals surface area contributed by atoms with Crippen LogP contribution in [0.4, 0.5) is 0 Å². The van der Waals surface area contributed by atoms with Gasteiger partial charge in [-0.2, -0.15) is 0 Å². The first-order valence-corrected chi connectivity index (χ1v) is 6.70. The summed E-state index contributed by atoms with van der Waals surface area (Å²) in [5.41, 5.74) is 0. The number of nitrogens with one attached hydrogen (secondary N) is 1. The van der Waals surface area contributed by atoms with E-state index in [1.54, 1.807) is 0 Å². The van der Waals surface area contributed by atoms with E-state index in [0.717, 1.165) is 32.5 Å². The van der Waals surface area contributed by atoms with Crippen LogP contribution in [0.5, 0.6) is 0 Å². The van der Waals surface area contributed by atoms with Crippen molar-refractivity contribution in [2.75, 3.05) is 26.3 Å². The molecule has 0 aromatic heterocycles. The van der Waals surface area contributed by atoms with E-state index in [4.69, 9.17) is 9.84 Å². The molecule has 0 rings (SSSR count). The van der Waals surface area contributed by atoms with Gasteiger partial charge in [0.2, 0.25) is 0 Å². The lowest BCUT2D eigenvalue weighted by molar-refractivity contribution is 0.0809. The summed E-state index contributed by atoms with van der Waals surface area (Å²) < 4.78 is 5.39. The Labute approximate surface area is 102 Å². The summed E-state index contributed by atoms with van der Waals surface area (Å²) in [5.74, 6) is 0. The maximum absolute atomic E-state index is 8.56. The molecule has 0 bridgehead atoms. The van der Waals surface area contributed by atoms with Crippen LogP contribution in [0, 0.1) is 0 Å². The van der Waals surface area contributed by atoms with Crippen LogP contribution in [0.25, 0.3) is 0 Å². The molecule has 0 aliphatic rings. The highest BCUT2D eigenvalue weighted by Gasteiger charge is 1.92. The first-order valence-electron chi connectivity index (χ1n) is 6.70. The molecular weight excluding hydrogens is 202 g/mol. The molecule has 0 radical (unpaired) electrons. The second-order valence-electron chi connectivity index (χ2n) is 3.81. The van der Waals surface area contributed by atoms with Crippen molar-refractivity contribution in [3.05, 3.63) is 0 Å². The first-order chi connectivity index (χ1) is 7.77. The average molecular weight is 233 g/mol. The Kier molecular flexibility index (Phi) is 19.7. The number of unbranched alkanes of at least 4 members (excludes halogenated alkanes) is 3. The topological polar surface area (TPSA) is 41.5 Å². The van der Waals surface area contributed by atoms with E-state index in [1.807, 2.05) is 13.8 Å². The van der Waals surface area contributed by atoms with Gasteiger partial charge in [-0.1, -0.05) is 26.7 Å². The summed E-state index contributed by atoms with van der Waals surface area (Å²) in [5, 5.41) is 11.9. The summed E-state index contributed by atoms with van der Waals surface area (Å²) in [6, 6.07) is 0. The third-order valence-electron chi connectivity index (χ3n) is 1.99. The minimum atomic E-state index is 0.329. The SMILES string of the molecule is CC.CC(C)OCCNCCCCCCO. The minimum absolute atomic E-state index is 0.329. The monoisotopic (exact) mass is 233 g/mol. The van der Waals surface area contributed by atoms with Crippen LogP contribution < -0.4 is 5.32 Å². The van der Waals surface area contributed by atoms with Crippen molar-refractivity contribution in [3.8, 4) is 0 Å². The quantitative estimate of drug-likeness (QED) is 0.570. The molecule has 0 aromatic rings. The van der Waals surface area contributed by atoms with Gasteiger partial charge in [0.15, 0.2) is 0 Å². The number of aliphatic hydroxyl groups is 1. The first kappa shape index (κ1) is 18.3. The van der Waals surface area contributed by atoms with E-state index in [2.05, 4.69) is 19.2 Å². The molecule has 0 spiro atoms.